The Balaban J connectivity index is 1.87. The smallest absolute Gasteiger partial charge is 0.224 e. The lowest BCUT2D eigenvalue weighted by Gasteiger charge is -2.38. The highest BCUT2D eigenvalue weighted by atomic mass is 32.2. The fraction of sp³-hybridized carbons (Fsp3) is 0.917. The molecule has 2 heterocycles. The third kappa shape index (κ3) is 2.72. The molecule has 4 heteroatoms. The molecule has 0 saturated carbocycles. The van der Waals surface area contributed by atoms with E-state index in [4.69, 9.17) is 0 Å². The van der Waals surface area contributed by atoms with E-state index in [-0.39, 0.29) is 0 Å². The monoisotopic (exact) mass is 242 g/mol. The Hall–Kier alpha value is -0.220. The molecule has 16 heavy (non-hydrogen) atoms. The zero-order valence-electron chi connectivity index (χ0n) is 10.2. The number of hydrogen-bond donors (Lipinski definition) is 1. The lowest BCUT2D eigenvalue weighted by Crippen LogP contribution is -2.49. The van der Waals surface area contributed by atoms with E-state index in [0.717, 1.165) is 25.3 Å². The maximum absolute atomic E-state index is 12.2. The van der Waals surface area contributed by atoms with Gasteiger partial charge in [0.1, 0.15) is 0 Å². The fourth-order valence-corrected chi connectivity index (χ4v) is 3.64. The Morgan fingerprint density at radius 2 is 2.31 bits per heavy atom. The van der Waals surface area contributed by atoms with Crippen LogP contribution >= 0.6 is 11.8 Å². The maximum Gasteiger partial charge on any atom is 0.224 e. The van der Waals surface area contributed by atoms with E-state index < -0.39 is 0 Å². The van der Waals surface area contributed by atoms with Crippen LogP contribution in [0.2, 0.25) is 0 Å². The molecular weight excluding hydrogens is 220 g/mol. The first-order chi connectivity index (χ1) is 7.68. The number of thioether (sulfide) groups is 1. The Bertz CT molecular complexity index is 253. The van der Waals surface area contributed by atoms with Gasteiger partial charge in [-0.2, -0.15) is 11.8 Å². The molecule has 0 radical (unpaired) electrons. The first-order valence-electron chi connectivity index (χ1n) is 6.33. The van der Waals surface area contributed by atoms with Crippen LogP contribution in [0.15, 0.2) is 0 Å². The number of nitrogens with zero attached hydrogens (tertiary/aromatic N) is 1. The van der Waals surface area contributed by atoms with Gasteiger partial charge in [-0.05, 0) is 26.3 Å². The summed E-state index contributed by atoms with van der Waals surface area (Å²) in [5, 5.41) is 3.98. The first-order valence-corrected chi connectivity index (χ1v) is 7.38. The zero-order chi connectivity index (χ0) is 11.5. The fourth-order valence-electron chi connectivity index (χ4n) is 2.54. The van der Waals surface area contributed by atoms with Crippen molar-refractivity contribution >= 4 is 17.7 Å². The van der Waals surface area contributed by atoms with Crippen LogP contribution in [0.1, 0.15) is 33.1 Å². The van der Waals surface area contributed by atoms with E-state index in [1.807, 2.05) is 11.8 Å². The topological polar surface area (TPSA) is 32.3 Å². The van der Waals surface area contributed by atoms with Crippen LogP contribution in [0.5, 0.6) is 0 Å². The van der Waals surface area contributed by atoms with Crippen LogP contribution in [0.4, 0.5) is 0 Å². The van der Waals surface area contributed by atoms with Gasteiger partial charge in [0.25, 0.3) is 0 Å². The second-order valence-electron chi connectivity index (χ2n) is 4.90. The molecule has 0 aromatic heterocycles. The van der Waals surface area contributed by atoms with Gasteiger partial charge in [-0.15, -0.1) is 0 Å². The molecule has 0 aliphatic carbocycles. The Labute approximate surface area is 102 Å². The van der Waals surface area contributed by atoms with Gasteiger partial charge < -0.3 is 10.2 Å². The normalized spacial score (nSPS) is 35.4. The van der Waals surface area contributed by atoms with Crippen LogP contribution in [-0.2, 0) is 4.79 Å². The minimum absolute atomic E-state index is 0.346. The molecule has 2 fully saturated rings. The number of carbonyl (C=O) groups excluding carboxylic acids is 1. The summed E-state index contributed by atoms with van der Waals surface area (Å²) in [7, 11) is 0. The summed E-state index contributed by atoms with van der Waals surface area (Å²) in [6, 6.07) is 0.831. The summed E-state index contributed by atoms with van der Waals surface area (Å²) in [5.74, 6) is 1.44. The molecular formula is C12H22N2OS. The highest BCUT2D eigenvalue weighted by Crippen LogP contribution is 2.25. The largest absolute Gasteiger partial charge is 0.338 e. The summed E-state index contributed by atoms with van der Waals surface area (Å²) in [6.07, 6.45) is 3.08. The van der Waals surface area contributed by atoms with Crippen molar-refractivity contribution in [1.29, 1.82) is 0 Å². The number of nitrogens with one attached hydrogen (secondary N) is 1. The highest BCUT2D eigenvalue weighted by molar-refractivity contribution is 8.00. The van der Waals surface area contributed by atoms with Crippen molar-refractivity contribution in [1.82, 2.24) is 10.2 Å². The van der Waals surface area contributed by atoms with E-state index in [9.17, 15) is 4.79 Å². The van der Waals surface area contributed by atoms with Gasteiger partial charge in [-0.1, -0.05) is 6.92 Å². The van der Waals surface area contributed by atoms with Crippen molar-refractivity contribution in [3.05, 3.63) is 0 Å². The summed E-state index contributed by atoms with van der Waals surface area (Å²) < 4.78 is 0. The Kier molecular flexibility index (Phi) is 4.14. The van der Waals surface area contributed by atoms with Crippen molar-refractivity contribution in [3.63, 3.8) is 0 Å². The van der Waals surface area contributed by atoms with Gasteiger partial charge in [0, 0.05) is 36.1 Å². The summed E-state index contributed by atoms with van der Waals surface area (Å²) in [5.41, 5.74) is 0. The van der Waals surface area contributed by atoms with Crippen molar-refractivity contribution in [2.24, 2.45) is 0 Å². The molecule has 1 N–H and O–H groups in total. The molecule has 1 amide bonds. The highest BCUT2D eigenvalue weighted by Gasteiger charge is 2.30. The first kappa shape index (κ1) is 12.2. The molecule has 0 spiro atoms. The molecule has 2 saturated heterocycles. The lowest BCUT2D eigenvalue weighted by molar-refractivity contribution is -0.133. The third-order valence-corrected chi connectivity index (χ3v) is 5.13. The number of hydrogen-bond acceptors (Lipinski definition) is 3. The summed E-state index contributed by atoms with van der Waals surface area (Å²) >= 11 is 1.98. The maximum atomic E-state index is 12.2. The predicted octanol–water partition coefficient (Wildman–Crippen LogP) is 1.48. The van der Waals surface area contributed by atoms with E-state index >= 15 is 0 Å². The van der Waals surface area contributed by atoms with Gasteiger partial charge in [-0.25, -0.2) is 0 Å². The molecule has 0 aromatic carbocycles. The van der Waals surface area contributed by atoms with E-state index in [0.29, 0.717) is 29.7 Å². The van der Waals surface area contributed by atoms with Gasteiger partial charge >= 0.3 is 0 Å². The van der Waals surface area contributed by atoms with Gasteiger partial charge in [0.05, 0.1) is 0 Å². The van der Waals surface area contributed by atoms with E-state index in [1.54, 1.807) is 0 Å². The van der Waals surface area contributed by atoms with Crippen molar-refractivity contribution in [3.8, 4) is 0 Å². The third-order valence-electron chi connectivity index (χ3n) is 3.79. The average Bonchev–Trinajstić information content (AvgIpc) is 2.74. The van der Waals surface area contributed by atoms with E-state index in [1.165, 1.54) is 6.42 Å². The standard InChI is InChI=1S/C12H22N2OS/c1-9-10(2)16-7-6-14(9)12(15)8-11-4-3-5-13-11/h9-11,13H,3-8H2,1-2H3. The number of rotatable bonds is 2. The van der Waals surface area contributed by atoms with Crippen LogP contribution in [0, 0.1) is 0 Å². The molecule has 2 aliphatic heterocycles. The molecule has 3 nitrogen and oxygen atoms in total. The summed E-state index contributed by atoms with van der Waals surface area (Å²) in [6.45, 7) is 6.42. The van der Waals surface area contributed by atoms with Crippen LogP contribution in [0.25, 0.3) is 0 Å². The van der Waals surface area contributed by atoms with Crippen LogP contribution in [-0.4, -0.2) is 47.0 Å². The quantitative estimate of drug-likeness (QED) is 0.796. The lowest BCUT2D eigenvalue weighted by atomic mass is 10.1. The number of carbonyl (C=O) groups is 1. The second-order valence-corrected chi connectivity index (χ2v) is 6.39. The molecule has 0 bridgehead atoms. The molecule has 3 atom stereocenters. The molecule has 92 valence electrons. The van der Waals surface area contributed by atoms with Crippen LogP contribution < -0.4 is 5.32 Å². The van der Waals surface area contributed by atoms with Crippen LogP contribution in [0.3, 0.4) is 0 Å². The Morgan fingerprint density at radius 1 is 1.50 bits per heavy atom. The van der Waals surface area contributed by atoms with Crippen molar-refractivity contribution in [2.45, 2.75) is 50.4 Å². The predicted molar refractivity (Wildman–Crippen MR) is 68.7 cm³/mol. The minimum atomic E-state index is 0.346. The number of amides is 1. The minimum Gasteiger partial charge on any atom is -0.338 e. The summed E-state index contributed by atoms with van der Waals surface area (Å²) in [4.78, 5) is 14.3. The van der Waals surface area contributed by atoms with E-state index in [2.05, 4.69) is 24.1 Å². The second kappa shape index (κ2) is 5.41. The Morgan fingerprint density at radius 3 is 3.00 bits per heavy atom. The molecule has 0 aromatic rings. The van der Waals surface area contributed by atoms with Gasteiger partial charge in [-0.3, -0.25) is 4.79 Å². The molecule has 2 rings (SSSR count). The van der Waals surface area contributed by atoms with Crippen molar-refractivity contribution < 1.29 is 4.79 Å². The molecule has 2 aliphatic rings. The molecule has 3 unspecified atom stereocenters. The van der Waals surface area contributed by atoms with Crippen molar-refractivity contribution in [2.75, 3.05) is 18.8 Å². The average molecular weight is 242 g/mol. The van der Waals surface area contributed by atoms with Gasteiger partial charge in [0.15, 0.2) is 0 Å². The SMILES string of the molecule is CC1SCCN(C(=O)CC2CCCN2)C1C. The zero-order valence-corrected chi connectivity index (χ0v) is 11.1. The van der Waals surface area contributed by atoms with Gasteiger partial charge in [0.2, 0.25) is 5.91 Å².